The molecular formula is C37H47N3O7. The third kappa shape index (κ3) is 6.42. The summed E-state index contributed by atoms with van der Waals surface area (Å²) < 4.78 is 9.66. The van der Waals surface area contributed by atoms with Crippen molar-refractivity contribution < 1.29 is 28.8 Å². The third-order valence-corrected chi connectivity index (χ3v) is 10.6. The molecule has 1 fully saturated rings. The highest BCUT2D eigenvalue weighted by Gasteiger charge is 2.54. The van der Waals surface area contributed by atoms with Crippen molar-refractivity contribution in [2.24, 2.45) is 17.1 Å². The quantitative estimate of drug-likeness (QED) is 0.206. The molecule has 3 N–H and O–H groups in total. The number of hydrogen-bond donors (Lipinski definition) is 2. The van der Waals surface area contributed by atoms with Crippen LogP contribution in [0.4, 0.5) is 5.69 Å². The minimum absolute atomic E-state index is 0.102. The van der Waals surface area contributed by atoms with Gasteiger partial charge in [0.15, 0.2) is 0 Å². The van der Waals surface area contributed by atoms with Crippen molar-refractivity contribution in [3.8, 4) is 0 Å². The number of nitro benzene ring substituents is 1. The molecule has 47 heavy (non-hydrogen) atoms. The molecule has 1 aliphatic heterocycles. The average molecular weight is 646 g/mol. The molecule has 3 atom stereocenters. The SMILES string of the molecule is CC(C)c1ccc2c(c1)CCC1C(C)(C(N)=O)CCCC21C.COC(=O)C1=C(C)NC(C)=C(C(=O)OC)C1c1ccccc1[N+](=O)[O-]. The van der Waals surface area contributed by atoms with Crippen LogP contribution in [0.3, 0.4) is 0 Å². The molecule has 0 radical (unpaired) electrons. The number of rotatable bonds is 6. The first kappa shape index (κ1) is 35.4. The molecule has 2 aliphatic carbocycles. The number of ether oxygens (including phenoxy) is 2. The molecule has 3 unspecified atom stereocenters. The summed E-state index contributed by atoms with van der Waals surface area (Å²) >= 11 is 0. The number of allylic oxidation sites excluding steroid dienone is 2. The first-order valence-corrected chi connectivity index (χ1v) is 16.1. The number of fused-ring (bicyclic) bond motifs is 3. The Morgan fingerprint density at radius 3 is 2.11 bits per heavy atom. The van der Waals surface area contributed by atoms with E-state index in [1.54, 1.807) is 19.9 Å². The zero-order valence-electron chi connectivity index (χ0n) is 28.7. The van der Waals surface area contributed by atoms with Crippen molar-refractivity contribution >= 4 is 23.5 Å². The second-order valence-electron chi connectivity index (χ2n) is 13.6. The first-order valence-electron chi connectivity index (χ1n) is 16.1. The van der Waals surface area contributed by atoms with Crippen LogP contribution >= 0.6 is 0 Å². The number of carbonyl (C=O) groups excluding carboxylic acids is 3. The van der Waals surface area contributed by atoms with Crippen LogP contribution in [-0.2, 0) is 35.7 Å². The number of aryl methyl sites for hydroxylation is 1. The van der Waals surface area contributed by atoms with E-state index in [1.165, 1.54) is 55.5 Å². The lowest BCUT2D eigenvalue weighted by atomic mass is 9.49. The van der Waals surface area contributed by atoms with E-state index in [9.17, 15) is 24.5 Å². The van der Waals surface area contributed by atoms with E-state index >= 15 is 0 Å². The van der Waals surface area contributed by atoms with Crippen LogP contribution in [0.5, 0.6) is 0 Å². The number of esters is 2. The number of nitrogens with zero attached hydrogens (tertiary/aromatic N) is 1. The van der Waals surface area contributed by atoms with Crippen LogP contribution < -0.4 is 11.1 Å². The molecule has 1 saturated carbocycles. The van der Waals surface area contributed by atoms with E-state index < -0.39 is 22.8 Å². The number of hydrogen-bond acceptors (Lipinski definition) is 8. The van der Waals surface area contributed by atoms with Crippen molar-refractivity contribution in [3.63, 3.8) is 0 Å². The summed E-state index contributed by atoms with van der Waals surface area (Å²) in [5.74, 6) is -1.49. The van der Waals surface area contributed by atoms with Gasteiger partial charge in [0.25, 0.3) is 5.69 Å². The van der Waals surface area contributed by atoms with Gasteiger partial charge in [0.05, 0.1) is 36.2 Å². The Bertz CT molecular complexity index is 1620. The van der Waals surface area contributed by atoms with Gasteiger partial charge >= 0.3 is 11.9 Å². The van der Waals surface area contributed by atoms with Crippen LogP contribution in [-0.4, -0.2) is 37.0 Å². The molecule has 10 heteroatoms. The average Bonchev–Trinajstić information content (AvgIpc) is 3.03. The van der Waals surface area contributed by atoms with Gasteiger partial charge in [-0.15, -0.1) is 0 Å². The van der Waals surface area contributed by atoms with Gasteiger partial charge < -0.3 is 20.5 Å². The van der Waals surface area contributed by atoms with Crippen LogP contribution in [0.2, 0.25) is 0 Å². The number of nitrogens with one attached hydrogen (secondary N) is 1. The monoisotopic (exact) mass is 645 g/mol. The van der Waals surface area contributed by atoms with Gasteiger partial charge in [0, 0.05) is 28.4 Å². The van der Waals surface area contributed by atoms with Crippen LogP contribution in [0.15, 0.2) is 65.0 Å². The van der Waals surface area contributed by atoms with E-state index in [1.807, 2.05) is 0 Å². The molecule has 1 amide bonds. The van der Waals surface area contributed by atoms with Crippen molar-refractivity contribution in [3.05, 3.63) is 97.4 Å². The Morgan fingerprint density at radius 1 is 0.979 bits per heavy atom. The summed E-state index contributed by atoms with van der Waals surface area (Å²) in [5.41, 5.74) is 11.2. The number of nitrogens with two attached hydrogens (primary N) is 1. The molecule has 1 heterocycles. The summed E-state index contributed by atoms with van der Waals surface area (Å²) in [4.78, 5) is 47.7. The Morgan fingerprint density at radius 2 is 1.57 bits per heavy atom. The lowest BCUT2D eigenvalue weighted by Crippen LogP contribution is -2.54. The molecule has 0 bridgehead atoms. The number of nitro groups is 1. The molecule has 2 aromatic rings. The summed E-state index contributed by atoms with van der Waals surface area (Å²) in [5, 5.41) is 14.4. The largest absolute Gasteiger partial charge is 0.466 e. The standard InChI is InChI=1S/C20H29NO.C17H18N2O6/c1-13(2)14-6-8-16-15(12-14)7-9-17-19(16,3)10-5-11-20(17,4)18(21)22;1-9-13(16(20)24-3)15(14(10(2)18-9)17(21)25-4)11-7-5-6-8-12(11)19(22)23/h6,8,12-13,17H,5,7,9-11H2,1-4H3,(H2,21,22);5-8,15,18H,1-4H3. The lowest BCUT2D eigenvalue weighted by molar-refractivity contribution is -0.385. The number of methoxy groups -OCH3 is 2. The maximum atomic E-state index is 12.3. The summed E-state index contributed by atoms with van der Waals surface area (Å²) in [6.45, 7) is 12.3. The van der Waals surface area contributed by atoms with Crippen molar-refractivity contribution in [1.29, 1.82) is 0 Å². The van der Waals surface area contributed by atoms with Gasteiger partial charge in [-0.3, -0.25) is 14.9 Å². The highest BCUT2D eigenvalue weighted by atomic mass is 16.6. The minimum Gasteiger partial charge on any atom is -0.466 e. The molecule has 2 aromatic carbocycles. The lowest BCUT2D eigenvalue weighted by Gasteiger charge is -2.54. The van der Waals surface area contributed by atoms with Gasteiger partial charge in [-0.05, 0) is 73.5 Å². The van der Waals surface area contributed by atoms with Crippen LogP contribution in [0.25, 0.3) is 0 Å². The normalized spacial score (nSPS) is 23.9. The Kier molecular flexibility index (Phi) is 10.3. The molecular weight excluding hydrogens is 598 g/mol. The maximum absolute atomic E-state index is 12.3. The van der Waals surface area contributed by atoms with E-state index in [-0.39, 0.29) is 39.1 Å². The first-order chi connectivity index (χ1) is 22.1. The Labute approximate surface area is 276 Å². The molecule has 10 nitrogen and oxygen atoms in total. The molecule has 3 aliphatic rings. The smallest absolute Gasteiger partial charge is 0.336 e. The minimum atomic E-state index is -0.970. The second kappa shape index (κ2) is 13.7. The van der Waals surface area contributed by atoms with Gasteiger partial charge in [0.2, 0.25) is 5.91 Å². The second-order valence-corrected chi connectivity index (χ2v) is 13.6. The number of para-hydroxylation sites is 1. The van der Waals surface area contributed by atoms with E-state index in [0.717, 1.165) is 25.7 Å². The zero-order chi connectivity index (χ0) is 34.8. The van der Waals surface area contributed by atoms with Crippen molar-refractivity contribution in [2.45, 2.75) is 90.9 Å². The summed E-state index contributed by atoms with van der Waals surface area (Å²) in [7, 11) is 2.42. The molecule has 252 valence electrons. The third-order valence-electron chi connectivity index (χ3n) is 10.6. The Hall–Kier alpha value is -4.47. The number of benzene rings is 2. The predicted molar refractivity (Wildman–Crippen MR) is 179 cm³/mol. The van der Waals surface area contributed by atoms with E-state index in [2.05, 4.69) is 51.2 Å². The Balaban J connectivity index is 0.000000214. The zero-order valence-corrected chi connectivity index (χ0v) is 28.7. The highest BCUT2D eigenvalue weighted by Crippen LogP contribution is 2.57. The molecule has 5 rings (SSSR count). The van der Waals surface area contributed by atoms with Crippen molar-refractivity contribution in [1.82, 2.24) is 5.32 Å². The highest BCUT2D eigenvalue weighted by molar-refractivity contribution is 6.00. The van der Waals surface area contributed by atoms with Gasteiger partial charge in [0.1, 0.15) is 0 Å². The van der Waals surface area contributed by atoms with Crippen LogP contribution in [0.1, 0.15) is 101 Å². The van der Waals surface area contributed by atoms with E-state index in [4.69, 9.17) is 15.2 Å². The molecule has 0 spiro atoms. The maximum Gasteiger partial charge on any atom is 0.336 e. The number of amides is 1. The number of dihydropyridines is 1. The molecule has 0 saturated heterocycles. The van der Waals surface area contributed by atoms with Crippen LogP contribution in [0, 0.1) is 21.4 Å². The van der Waals surface area contributed by atoms with E-state index in [0.29, 0.717) is 23.2 Å². The molecule has 0 aromatic heterocycles. The van der Waals surface area contributed by atoms with Gasteiger partial charge in [-0.2, -0.15) is 0 Å². The fourth-order valence-electron chi connectivity index (χ4n) is 8.13. The topological polar surface area (TPSA) is 151 Å². The fourth-order valence-corrected chi connectivity index (χ4v) is 8.13. The van der Waals surface area contributed by atoms with Gasteiger partial charge in [-0.25, -0.2) is 9.59 Å². The van der Waals surface area contributed by atoms with Crippen molar-refractivity contribution in [2.75, 3.05) is 14.2 Å². The van der Waals surface area contributed by atoms with Gasteiger partial charge in [-0.1, -0.05) is 70.5 Å². The predicted octanol–water partition coefficient (Wildman–Crippen LogP) is 6.48. The fraction of sp³-hybridized carbons (Fsp3) is 0.486. The number of primary amides is 1. The number of carbonyl (C=O) groups is 3. The summed E-state index contributed by atoms with van der Waals surface area (Å²) in [6, 6.07) is 13.0. The summed E-state index contributed by atoms with van der Waals surface area (Å²) in [6.07, 6.45) is 5.39.